The van der Waals surface area contributed by atoms with Crippen LogP contribution in [0.4, 0.5) is 11.6 Å². The number of anilines is 2. The van der Waals surface area contributed by atoms with Gasteiger partial charge in [-0.25, -0.2) is 4.68 Å². The molecule has 0 bridgehead atoms. The first-order chi connectivity index (χ1) is 19.0. The summed E-state index contributed by atoms with van der Waals surface area (Å²) in [6.45, 7) is 4.61. The Labute approximate surface area is 234 Å². The molecule has 200 valence electrons. The van der Waals surface area contributed by atoms with Crippen LogP contribution in [0.15, 0.2) is 88.8 Å². The molecule has 1 aromatic heterocycles. The summed E-state index contributed by atoms with van der Waals surface area (Å²) in [5, 5.41) is 10.6. The number of hydrogen-bond donors (Lipinski definition) is 2. The van der Waals surface area contributed by atoms with Gasteiger partial charge >= 0.3 is 0 Å². The van der Waals surface area contributed by atoms with E-state index < -0.39 is 6.04 Å². The summed E-state index contributed by atoms with van der Waals surface area (Å²) in [6.07, 6.45) is 1.46. The van der Waals surface area contributed by atoms with Crippen LogP contribution in [0.25, 0.3) is 0 Å². The molecule has 1 amide bonds. The lowest BCUT2D eigenvalue weighted by atomic mass is 9.94. The van der Waals surface area contributed by atoms with Crippen molar-refractivity contribution in [2.45, 2.75) is 26.5 Å². The molecule has 1 aliphatic rings. The summed E-state index contributed by atoms with van der Waals surface area (Å²) in [4.78, 5) is 18.1. The van der Waals surface area contributed by atoms with Gasteiger partial charge in [-0.15, -0.1) is 0 Å². The molecule has 0 saturated heterocycles. The largest absolute Gasteiger partial charge is 0.495 e. The highest BCUT2D eigenvalue weighted by Gasteiger charge is 2.34. The van der Waals surface area contributed by atoms with Crippen LogP contribution < -0.4 is 24.8 Å². The van der Waals surface area contributed by atoms with E-state index in [2.05, 4.69) is 36.6 Å². The molecule has 0 radical (unpaired) electrons. The number of para-hydroxylation sites is 2. The molecule has 10 heteroatoms. The molecule has 0 aliphatic carbocycles. The molecule has 0 spiro atoms. The molecule has 0 fully saturated rings. The first-order valence-corrected chi connectivity index (χ1v) is 13.2. The minimum Gasteiger partial charge on any atom is -0.495 e. The summed E-state index contributed by atoms with van der Waals surface area (Å²) in [6, 6.07) is 20.4. The number of hydrogen-bond acceptors (Lipinski definition) is 7. The highest BCUT2D eigenvalue weighted by atomic mass is 79.9. The zero-order chi connectivity index (χ0) is 27.4. The number of rotatable bonds is 9. The van der Waals surface area contributed by atoms with Gasteiger partial charge in [0.15, 0.2) is 11.5 Å². The highest BCUT2D eigenvalue weighted by molar-refractivity contribution is 9.10. The van der Waals surface area contributed by atoms with E-state index in [4.69, 9.17) is 14.2 Å². The monoisotopic (exact) mass is 589 g/mol. The van der Waals surface area contributed by atoms with Gasteiger partial charge in [0.2, 0.25) is 5.95 Å². The Bertz CT molecular complexity index is 1520. The number of aromatic nitrogens is 3. The molecular weight excluding hydrogens is 562 g/mol. The van der Waals surface area contributed by atoms with Crippen LogP contribution in [0.3, 0.4) is 0 Å². The van der Waals surface area contributed by atoms with Crippen molar-refractivity contribution in [3.05, 3.63) is 99.9 Å². The average Bonchev–Trinajstić information content (AvgIpc) is 3.41. The Hall–Kier alpha value is -4.31. The number of benzene rings is 3. The summed E-state index contributed by atoms with van der Waals surface area (Å²) in [5.74, 6) is 2.01. The van der Waals surface area contributed by atoms with Crippen LogP contribution in [0.2, 0.25) is 0 Å². The molecule has 4 aromatic rings. The minimum atomic E-state index is -0.557. The van der Waals surface area contributed by atoms with Crippen molar-refractivity contribution in [1.82, 2.24) is 14.8 Å². The smallest absolute Gasteiger partial charge is 0.255 e. The highest BCUT2D eigenvalue weighted by Crippen LogP contribution is 2.39. The predicted octanol–water partition coefficient (Wildman–Crippen LogP) is 5.95. The van der Waals surface area contributed by atoms with E-state index in [1.807, 2.05) is 68.4 Å². The Morgan fingerprint density at radius 1 is 1.05 bits per heavy atom. The molecular formula is C29H28BrN5O4. The van der Waals surface area contributed by atoms with Crippen LogP contribution >= 0.6 is 15.9 Å². The summed E-state index contributed by atoms with van der Waals surface area (Å²) in [5.41, 5.74) is 3.56. The summed E-state index contributed by atoms with van der Waals surface area (Å²) >= 11 is 3.46. The number of halogens is 1. The number of carbonyl (C=O) groups is 1. The van der Waals surface area contributed by atoms with Crippen LogP contribution in [0, 0.1) is 0 Å². The topological polar surface area (TPSA) is 99.5 Å². The van der Waals surface area contributed by atoms with Gasteiger partial charge in [-0.1, -0.05) is 46.3 Å². The first-order valence-electron chi connectivity index (χ1n) is 12.4. The normalized spacial score (nSPS) is 14.3. The number of ether oxygens (including phenoxy) is 3. The van der Waals surface area contributed by atoms with Crippen LogP contribution in [-0.2, 0) is 11.4 Å². The van der Waals surface area contributed by atoms with Crippen LogP contribution in [0.5, 0.6) is 17.2 Å². The predicted molar refractivity (Wildman–Crippen MR) is 152 cm³/mol. The molecule has 2 heterocycles. The van der Waals surface area contributed by atoms with Gasteiger partial charge < -0.3 is 24.8 Å². The maximum absolute atomic E-state index is 13.7. The number of methoxy groups -OCH3 is 1. The standard InChI is InChI=1S/C29H28BrN5O4/c1-4-38-25-15-20(11-14-24(25)39-16-19-9-12-21(30)13-10-19)27-26(18(2)33-29-31-17-32-35(27)29)28(36)34-22-7-5-6-8-23(22)37-3/h5-15,17,27H,4,16H2,1-3H3,(H,34,36)(H,31,32,33). The van der Waals surface area contributed by atoms with Crippen molar-refractivity contribution >= 4 is 33.5 Å². The minimum absolute atomic E-state index is 0.288. The first kappa shape index (κ1) is 26.3. The van der Waals surface area contributed by atoms with Crippen molar-refractivity contribution in [2.75, 3.05) is 24.4 Å². The molecule has 9 nitrogen and oxygen atoms in total. The number of nitrogens with one attached hydrogen (secondary N) is 2. The fourth-order valence-corrected chi connectivity index (χ4v) is 4.72. The Morgan fingerprint density at radius 3 is 2.62 bits per heavy atom. The number of carbonyl (C=O) groups excluding carboxylic acids is 1. The Balaban J connectivity index is 1.49. The van der Waals surface area contributed by atoms with E-state index in [1.54, 1.807) is 23.9 Å². The van der Waals surface area contributed by atoms with Gasteiger partial charge in [-0.3, -0.25) is 4.79 Å². The van der Waals surface area contributed by atoms with Gasteiger partial charge in [0.05, 0.1) is 25.0 Å². The zero-order valence-electron chi connectivity index (χ0n) is 21.8. The second-order valence-corrected chi connectivity index (χ2v) is 9.72. The number of allylic oxidation sites excluding steroid dienone is 1. The van der Waals surface area contributed by atoms with Gasteiger partial charge in [0.1, 0.15) is 24.7 Å². The summed E-state index contributed by atoms with van der Waals surface area (Å²) in [7, 11) is 1.57. The van der Waals surface area contributed by atoms with E-state index in [1.165, 1.54) is 6.33 Å². The van der Waals surface area contributed by atoms with Crippen molar-refractivity contribution in [3.63, 3.8) is 0 Å². The fourth-order valence-electron chi connectivity index (χ4n) is 4.45. The lowest BCUT2D eigenvalue weighted by molar-refractivity contribution is -0.113. The van der Waals surface area contributed by atoms with Crippen molar-refractivity contribution in [3.8, 4) is 17.2 Å². The van der Waals surface area contributed by atoms with Gasteiger partial charge in [0, 0.05) is 10.2 Å². The van der Waals surface area contributed by atoms with E-state index >= 15 is 0 Å². The molecule has 39 heavy (non-hydrogen) atoms. The van der Waals surface area contributed by atoms with E-state index in [9.17, 15) is 4.79 Å². The van der Waals surface area contributed by atoms with Crippen molar-refractivity contribution < 1.29 is 19.0 Å². The number of nitrogens with zero attached hydrogens (tertiary/aromatic N) is 3. The lowest BCUT2D eigenvalue weighted by Crippen LogP contribution is -2.31. The van der Waals surface area contributed by atoms with E-state index in [0.29, 0.717) is 53.4 Å². The van der Waals surface area contributed by atoms with Gasteiger partial charge in [0.25, 0.3) is 5.91 Å². The van der Waals surface area contributed by atoms with E-state index in [0.717, 1.165) is 15.6 Å². The van der Waals surface area contributed by atoms with Crippen LogP contribution in [-0.4, -0.2) is 34.4 Å². The molecule has 0 saturated carbocycles. The zero-order valence-corrected chi connectivity index (χ0v) is 23.4. The third-order valence-corrected chi connectivity index (χ3v) is 6.81. The molecule has 5 rings (SSSR count). The van der Waals surface area contributed by atoms with Crippen molar-refractivity contribution in [2.24, 2.45) is 0 Å². The van der Waals surface area contributed by atoms with Crippen molar-refractivity contribution in [1.29, 1.82) is 0 Å². The van der Waals surface area contributed by atoms with Crippen LogP contribution in [0.1, 0.15) is 31.0 Å². The lowest BCUT2D eigenvalue weighted by Gasteiger charge is -2.29. The molecule has 1 unspecified atom stereocenters. The number of fused-ring (bicyclic) bond motifs is 1. The number of amides is 1. The summed E-state index contributed by atoms with van der Waals surface area (Å²) < 4.78 is 20.2. The Kier molecular flexibility index (Phi) is 7.83. The third kappa shape index (κ3) is 5.61. The SMILES string of the molecule is CCOc1cc(C2C(C(=O)Nc3ccccc3OC)=C(C)Nc3ncnn32)ccc1OCc1ccc(Br)cc1. The molecule has 2 N–H and O–H groups in total. The molecule has 1 atom stereocenters. The maximum atomic E-state index is 13.7. The maximum Gasteiger partial charge on any atom is 0.255 e. The quantitative estimate of drug-likeness (QED) is 0.248. The fraction of sp³-hybridized carbons (Fsp3) is 0.207. The van der Waals surface area contributed by atoms with E-state index in [-0.39, 0.29) is 5.91 Å². The van der Waals surface area contributed by atoms with Gasteiger partial charge in [-0.05, 0) is 61.4 Å². The third-order valence-electron chi connectivity index (χ3n) is 6.29. The second kappa shape index (κ2) is 11.6. The second-order valence-electron chi connectivity index (χ2n) is 8.80. The molecule has 3 aromatic carbocycles. The average molecular weight is 590 g/mol. The Morgan fingerprint density at radius 2 is 1.85 bits per heavy atom. The molecule has 1 aliphatic heterocycles. The van der Waals surface area contributed by atoms with Gasteiger partial charge in [-0.2, -0.15) is 10.1 Å².